The number of nitrogens with zero attached hydrogens (tertiary/aromatic N) is 2. The normalized spacial score (nSPS) is 28.0. The van der Waals surface area contributed by atoms with Crippen LogP contribution < -0.4 is 0 Å². The van der Waals surface area contributed by atoms with Gasteiger partial charge in [0.25, 0.3) is 0 Å². The number of amides is 1. The van der Waals surface area contributed by atoms with Crippen molar-refractivity contribution in [2.45, 2.75) is 12.8 Å². The molecule has 1 amide bonds. The second-order valence-corrected chi connectivity index (χ2v) is 5.35. The SMILES string of the molecule is O=C(O)C1[C@H]2CN(C(=O)CCc3cccnc3)C[C@@H]12. The molecule has 0 aromatic carbocycles. The average molecular weight is 260 g/mol. The Kier molecular flexibility index (Phi) is 2.97. The molecule has 1 aromatic rings. The Labute approximate surface area is 111 Å². The molecule has 1 unspecified atom stereocenters. The van der Waals surface area contributed by atoms with E-state index in [4.69, 9.17) is 5.11 Å². The van der Waals surface area contributed by atoms with E-state index in [0.29, 0.717) is 25.9 Å². The Balaban J connectivity index is 1.47. The average Bonchev–Trinajstić information content (AvgIpc) is 2.93. The van der Waals surface area contributed by atoms with Crippen molar-refractivity contribution in [2.24, 2.45) is 17.8 Å². The Morgan fingerprint density at radius 2 is 2.11 bits per heavy atom. The van der Waals surface area contributed by atoms with Crippen LogP contribution in [0.5, 0.6) is 0 Å². The van der Waals surface area contributed by atoms with Crippen LogP contribution >= 0.6 is 0 Å². The molecule has 1 saturated heterocycles. The van der Waals surface area contributed by atoms with Crippen LogP contribution in [-0.2, 0) is 16.0 Å². The lowest BCUT2D eigenvalue weighted by Crippen LogP contribution is -2.32. The van der Waals surface area contributed by atoms with Gasteiger partial charge in [-0.3, -0.25) is 14.6 Å². The maximum absolute atomic E-state index is 12.0. The quantitative estimate of drug-likeness (QED) is 0.869. The second-order valence-electron chi connectivity index (χ2n) is 5.35. The van der Waals surface area contributed by atoms with Crippen molar-refractivity contribution in [1.82, 2.24) is 9.88 Å². The first-order valence-corrected chi connectivity index (χ1v) is 6.56. The number of fused-ring (bicyclic) bond motifs is 1. The fourth-order valence-corrected chi connectivity index (χ4v) is 3.05. The molecule has 1 aromatic heterocycles. The molecule has 5 nitrogen and oxygen atoms in total. The van der Waals surface area contributed by atoms with Crippen molar-refractivity contribution in [1.29, 1.82) is 0 Å². The molecule has 2 heterocycles. The molecule has 3 atom stereocenters. The van der Waals surface area contributed by atoms with Crippen LogP contribution in [-0.4, -0.2) is 40.0 Å². The first kappa shape index (κ1) is 12.1. The molecule has 1 saturated carbocycles. The summed E-state index contributed by atoms with van der Waals surface area (Å²) in [6.07, 6.45) is 4.66. The van der Waals surface area contributed by atoms with E-state index < -0.39 is 5.97 Å². The predicted molar refractivity (Wildman–Crippen MR) is 67.2 cm³/mol. The highest BCUT2D eigenvalue weighted by molar-refractivity contribution is 5.79. The lowest BCUT2D eigenvalue weighted by Gasteiger charge is -2.19. The highest BCUT2D eigenvalue weighted by atomic mass is 16.4. The number of rotatable bonds is 4. The Hall–Kier alpha value is -1.91. The van der Waals surface area contributed by atoms with Gasteiger partial charge in [-0.2, -0.15) is 0 Å². The van der Waals surface area contributed by atoms with Crippen LogP contribution in [0.25, 0.3) is 0 Å². The summed E-state index contributed by atoms with van der Waals surface area (Å²) >= 11 is 0. The number of carbonyl (C=O) groups excluding carboxylic acids is 1. The number of carbonyl (C=O) groups is 2. The topological polar surface area (TPSA) is 70.5 Å². The molecule has 0 spiro atoms. The van der Waals surface area contributed by atoms with Gasteiger partial charge >= 0.3 is 5.97 Å². The van der Waals surface area contributed by atoms with Gasteiger partial charge < -0.3 is 10.0 Å². The van der Waals surface area contributed by atoms with Crippen LogP contribution in [0, 0.1) is 17.8 Å². The minimum absolute atomic E-state index is 0.125. The minimum atomic E-state index is -0.711. The Bertz CT molecular complexity index is 491. The summed E-state index contributed by atoms with van der Waals surface area (Å²) in [6.45, 7) is 1.24. The fraction of sp³-hybridized carbons (Fsp3) is 0.500. The third-order valence-electron chi connectivity index (χ3n) is 4.18. The highest BCUT2D eigenvalue weighted by Gasteiger charge is 2.60. The number of carboxylic acids is 1. The molecule has 1 aliphatic carbocycles. The molecule has 5 heteroatoms. The molecular formula is C14H16N2O3. The molecule has 2 fully saturated rings. The first-order chi connectivity index (χ1) is 9.16. The number of hydrogen-bond donors (Lipinski definition) is 1. The summed E-state index contributed by atoms with van der Waals surface area (Å²) in [4.78, 5) is 28.7. The van der Waals surface area contributed by atoms with Gasteiger partial charge in [0.1, 0.15) is 0 Å². The van der Waals surface area contributed by atoms with Crippen molar-refractivity contribution in [2.75, 3.05) is 13.1 Å². The molecule has 19 heavy (non-hydrogen) atoms. The number of aromatic nitrogens is 1. The summed E-state index contributed by atoms with van der Waals surface area (Å²) in [5, 5.41) is 8.93. The van der Waals surface area contributed by atoms with Gasteiger partial charge in [-0.25, -0.2) is 0 Å². The van der Waals surface area contributed by atoms with Crippen LogP contribution in [0.2, 0.25) is 0 Å². The molecule has 0 radical (unpaired) electrons. The zero-order chi connectivity index (χ0) is 13.4. The number of hydrogen-bond acceptors (Lipinski definition) is 3. The number of aliphatic carboxylic acids is 1. The van der Waals surface area contributed by atoms with Crippen LogP contribution in [0.4, 0.5) is 0 Å². The maximum atomic E-state index is 12.0. The summed E-state index contributed by atoms with van der Waals surface area (Å²) < 4.78 is 0. The van der Waals surface area contributed by atoms with E-state index in [2.05, 4.69) is 4.98 Å². The third-order valence-corrected chi connectivity index (χ3v) is 4.18. The van der Waals surface area contributed by atoms with Gasteiger partial charge in [0.2, 0.25) is 5.91 Å². The number of piperidine rings is 1. The van der Waals surface area contributed by atoms with E-state index in [1.165, 1.54) is 0 Å². The number of carboxylic acid groups (broad SMARTS) is 1. The number of pyridine rings is 1. The van der Waals surface area contributed by atoms with Gasteiger partial charge in [-0.05, 0) is 29.9 Å². The van der Waals surface area contributed by atoms with E-state index in [-0.39, 0.29) is 23.7 Å². The van der Waals surface area contributed by atoms with E-state index >= 15 is 0 Å². The first-order valence-electron chi connectivity index (χ1n) is 6.56. The standard InChI is InChI=1S/C14H16N2O3/c17-12(4-3-9-2-1-5-15-6-9)16-7-10-11(8-16)13(10)14(18)19/h1-2,5-6,10-11,13H,3-4,7-8H2,(H,18,19)/t10-,11+,13?. The monoisotopic (exact) mass is 260 g/mol. The zero-order valence-corrected chi connectivity index (χ0v) is 10.5. The van der Waals surface area contributed by atoms with Gasteiger partial charge in [0.05, 0.1) is 5.92 Å². The lowest BCUT2D eigenvalue weighted by molar-refractivity contribution is -0.141. The molecule has 1 N–H and O–H groups in total. The van der Waals surface area contributed by atoms with Crippen LogP contribution in [0.15, 0.2) is 24.5 Å². The van der Waals surface area contributed by atoms with E-state index in [9.17, 15) is 9.59 Å². The summed E-state index contributed by atoms with van der Waals surface area (Å²) in [6, 6.07) is 3.82. The van der Waals surface area contributed by atoms with Crippen molar-refractivity contribution in [3.8, 4) is 0 Å². The summed E-state index contributed by atoms with van der Waals surface area (Å²) in [7, 11) is 0. The van der Waals surface area contributed by atoms with E-state index in [1.54, 1.807) is 12.4 Å². The maximum Gasteiger partial charge on any atom is 0.307 e. The van der Waals surface area contributed by atoms with Crippen molar-refractivity contribution < 1.29 is 14.7 Å². The number of aryl methyl sites for hydroxylation is 1. The summed E-state index contributed by atoms with van der Waals surface area (Å²) in [5.74, 6) is -0.403. The molecule has 1 aliphatic heterocycles. The molecule has 0 bridgehead atoms. The van der Waals surface area contributed by atoms with E-state index in [0.717, 1.165) is 5.56 Å². The smallest absolute Gasteiger partial charge is 0.307 e. The number of likely N-dealkylation sites (tertiary alicyclic amines) is 1. The third kappa shape index (κ3) is 2.32. The minimum Gasteiger partial charge on any atom is -0.481 e. The molecule has 2 aliphatic rings. The molecule has 100 valence electrons. The van der Waals surface area contributed by atoms with Crippen molar-refractivity contribution >= 4 is 11.9 Å². The Morgan fingerprint density at radius 1 is 1.37 bits per heavy atom. The van der Waals surface area contributed by atoms with Gasteiger partial charge in [-0.15, -0.1) is 0 Å². The van der Waals surface area contributed by atoms with Gasteiger partial charge in [0.15, 0.2) is 0 Å². The van der Waals surface area contributed by atoms with Crippen LogP contribution in [0.3, 0.4) is 0 Å². The summed E-state index contributed by atoms with van der Waals surface area (Å²) in [5.41, 5.74) is 1.06. The second kappa shape index (κ2) is 4.64. The lowest BCUT2D eigenvalue weighted by atomic mass is 10.1. The van der Waals surface area contributed by atoms with Gasteiger partial charge in [-0.1, -0.05) is 6.07 Å². The van der Waals surface area contributed by atoms with Gasteiger partial charge in [0, 0.05) is 31.9 Å². The molecular weight excluding hydrogens is 244 g/mol. The van der Waals surface area contributed by atoms with Crippen LogP contribution in [0.1, 0.15) is 12.0 Å². The largest absolute Gasteiger partial charge is 0.481 e. The fourth-order valence-electron chi connectivity index (χ4n) is 3.05. The van der Waals surface area contributed by atoms with E-state index in [1.807, 2.05) is 17.0 Å². The van der Waals surface area contributed by atoms with Crippen molar-refractivity contribution in [3.63, 3.8) is 0 Å². The Morgan fingerprint density at radius 3 is 2.68 bits per heavy atom. The van der Waals surface area contributed by atoms with Crippen molar-refractivity contribution in [3.05, 3.63) is 30.1 Å². The molecule has 3 rings (SSSR count). The zero-order valence-electron chi connectivity index (χ0n) is 10.5. The highest BCUT2D eigenvalue weighted by Crippen LogP contribution is 2.51. The predicted octanol–water partition coefficient (Wildman–Crippen LogP) is 0.803.